The number of allylic oxidation sites excluding steroid dienone is 4. The Morgan fingerprint density at radius 3 is 2.91 bits per heavy atom. The van der Waals surface area contributed by atoms with Gasteiger partial charge in [-0.15, -0.1) is 0 Å². The Morgan fingerprint density at radius 1 is 1.30 bits per heavy atom. The predicted molar refractivity (Wildman–Crippen MR) is 93.0 cm³/mol. The summed E-state index contributed by atoms with van der Waals surface area (Å²) in [4.78, 5) is 18.0. The summed E-state index contributed by atoms with van der Waals surface area (Å²) in [5, 5.41) is 9.08. The standard InChI is InChI=1S/C19H14N2OS/c20-10-13-6-5-12(9-17(13)23)14-7-8-18(22)19(14)11-21-16-4-2-1-3-15(16)19/h1-6,11,14H,7-9H2. The molecule has 0 saturated heterocycles. The summed E-state index contributed by atoms with van der Waals surface area (Å²) in [6, 6.07) is 10.0. The van der Waals surface area contributed by atoms with Crippen molar-refractivity contribution in [3.8, 4) is 6.07 Å². The number of rotatable bonds is 1. The van der Waals surface area contributed by atoms with E-state index in [-0.39, 0.29) is 11.7 Å². The Labute approximate surface area is 140 Å². The van der Waals surface area contributed by atoms with E-state index in [1.165, 1.54) is 0 Å². The Kier molecular flexibility index (Phi) is 3.14. The average molecular weight is 318 g/mol. The lowest BCUT2D eigenvalue weighted by molar-refractivity contribution is -0.120. The molecular formula is C19H14N2OS. The van der Waals surface area contributed by atoms with Gasteiger partial charge < -0.3 is 0 Å². The molecule has 1 heterocycles. The highest BCUT2D eigenvalue weighted by molar-refractivity contribution is 7.80. The Bertz CT molecular complexity index is 872. The first-order valence-electron chi connectivity index (χ1n) is 7.69. The second kappa shape index (κ2) is 5.07. The normalized spacial score (nSPS) is 28.6. The van der Waals surface area contributed by atoms with E-state index >= 15 is 0 Å². The van der Waals surface area contributed by atoms with Gasteiger partial charge in [-0.3, -0.25) is 9.79 Å². The largest absolute Gasteiger partial charge is 0.298 e. The highest BCUT2D eigenvalue weighted by Gasteiger charge is 2.54. The van der Waals surface area contributed by atoms with E-state index < -0.39 is 5.41 Å². The van der Waals surface area contributed by atoms with Crippen molar-refractivity contribution in [2.45, 2.75) is 24.7 Å². The molecule has 112 valence electrons. The van der Waals surface area contributed by atoms with Crippen LogP contribution in [0.4, 0.5) is 5.69 Å². The number of fused-ring (bicyclic) bond motifs is 2. The van der Waals surface area contributed by atoms with Crippen molar-refractivity contribution >= 4 is 34.8 Å². The number of benzene rings is 1. The van der Waals surface area contributed by atoms with Gasteiger partial charge in [0, 0.05) is 29.8 Å². The molecule has 0 radical (unpaired) electrons. The Hall–Kier alpha value is -2.38. The lowest BCUT2D eigenvalue weighted by Gasteiger charge is -2.31. The van der Waals surface area contributed by atoms with Crippen LogP contribution in [0, 0.1) is 17.2 Å². The second-order valence-electron chi connectivity index (χ2n) is 6.19. The van der Waals surface area contributed by atoms with Crippen molar-refractivity contribution in [1.29, 1.82) is 5.26 Å². The molecule has 0 aromatic heterocycles. The lowest BCUT2D eigenvalue weighted by atomic mass is 9.69. The summed E-state index contributed by atoms with van der Waals surface area (Å²) in [5.74, 6) is 0.315. The molecule has 1 spiro atoms. The number of para-hydroxylation sites is 1. The van der Waals surface area contributed by atoms with Gasteiger partial charge in [-0.25, -0.2) is 0 Å². The molecule has 1 aliphatic heterocycles. The van der Waals surface area contributed by atoms with Crippen molar-refractivity contribution in [1.82, 2.24) is 0 Å². The maximum absolute atomic E-state index is 12.8. The molecule has 2 aliphatic carbocycles. The summed E-state index contributed by atoms with van der Waals surface area (Å²) >= 11 is 5.36. The third-order valence-corrected chi connectivity index (χ3v) is 5.49. The minimum Gasteiger partial charge on any atom is -0.298 e. The molecule has 23 heavy (non-hydrogen) atoms. The maximum atomic E-state index is 12.8. The Balaban J connectivity index is 1.83. The number of nitrogens with zero attached hydrogens (tertiary/aromatic N) is 2. The van der Waals surface area contributed by atoms with Gasteiger partial charge in [-0.05, 0) is 24.1 Å². The van der Waals surface area contributed by atoms with E-state index in [9.17, 15) is 4.79 Å². The molecule has 0 amide bonds. The number of thiocarbonyl (C=S) groups is 1. The van der Waals surface area contributed by atoms with Gasteiger partial charge in [0.05, 0.1) is 16.7 Å². The quantitative estimate of drug-likeness (QED) is 0.741. The minimum absolute atomic E-state index is 0.0804. The number of aliphatic imine (C=N–C) groups is 1. The molecule has 1 aromatic carbocycles. The van der Waals surface area contributed by atoms with E-state index in [2.05, 4.69) is 11.1 Å². The zero-order chi connectivity index (χ0) is 16.0. The maximum Gasteiger partial charge on any atom is 0.149 e. The van der Waals surface area contributed by atoms with Gasteiger partial charge >= 0.3 is 0 Å². The van der Waals surface area contributed by atoms with Crippen LogP contribution < -0.4 is 0 Å². The molecule has 2 atom stereocenters. The monoisotopic (exact) mass is 318 g/mol. The van der Waals surface area contributed by atoms with Crippen molar-refractivity contribution in [2.75, 3.05) is 0 Å². The first-order chi connectivity index (χ1) is 11.2. The highest BCUT2D eigenvalue weighted by atomic mass is 32.1. The molecule has 1 saturated carbocycles. The summed E-state index contributed by atoms with van der Waals surface area (Å²) < 4.78 is 0. The molecular weight excluding hydrogens is 304 g/mol. The highest BCUT2D eigenvalue weighted by Crippen LogP contribution is 2.52. The molecule has 1 fully saturated rings. The van der Waals surface area contributed by atoms with E-state index in [1.54, 1.807) is 6.08 Å². The average Bonchev–Trinajstić information content (AvgIpc) is 3.11. The van der Waals surface area contributed by atoms with Gasteiger partial charge in [0.25, 0.3) is 0 Å². The zero-order valence-corrected chi connectivity index (χ0v) is 13.3. The third-order valence-electron chi connectivity index (χ3n) is 5.13. The molecule has 4 rings (SSSR count). The number of hydrogen-bond donors (Lipinski definition) is 0. The lowest BCUT2D eigenvalue weighted by Crippen LogP contribution is -2.38. The second-order valence-corrected chi connectivity index (χ2v) is 6.69. The van der Waals surface area contributed by atoms with Crippen LogP contribution >= 0.6 is 12.2 Å². The van der Waals surface area contributed by atoms with Crippen LogP contribution in [0.5, 0.6) is 0 Å². The topological polar surface area (TPSA) is 53.2 Å². The van der Waals surface area contributed by atoms with E-state index in [0.717, 1.165) is 23.2 Å². The molecule has 3 aliphatic rings. The van der Waals surface area contributed by atoms with Crippen LogP contribution in [0.3, 0.4) is 0 Å². The van der Waals surface area contributed by atoms with Crippen molar-refractivity contribution in [2.24, 2.45) is 10.9 Å². The first-order valence-corrected chi connectivity index (χ1v) is 8.09. The summed E-state index contributed by atoms with van der Waals surface area (Å²) in [6.07, 6.45) is 7.56. The fourth-order valence-corrected chi connectivity index (χ4v) is 4.30. The third kappa shape index (κ3) is 1.90. The molecule has 3 nitrogen and oxygen atoms in total. The fraction of sp³-hybridized carbons (Fsp3) is 0.263. The van der Waals surface area contributed by atoms with Crippen LogP contribution in [0.25, 0.3) is 0 Å². The smallest absolute Gasteiger partial charge is 0.149 e. The zero-order valence-electron chi connectivity index (χ0n) is 12.5. The number of Topliss-reactive ketones (excluding diaryl/α,β-unsaturated/α-hetero) is 1. The molecule has 1 aromatic rings. The van der Waals surface area contributed by atoms with Gasteiger partial charge in [0.15, 0.2) is 0 Å². The molecule has 2 unspecified atom stereocenters. The number of ketones is 1. The van der Waals surface area contributed by atoms with E-state index in [1.807, 2.05) is 36.6 Å². The van der Waals surface area contributed by atoms with E-state index in [4.69, 9.17) is 17.5 Å². The van der Waals surface area contributed by atoms with E-state index in [0.29, 0.717) is 23.3 Å². The van der Waals surface area contributed by atoms with Crippen LogP contribution in [0.2, 0.25) is 0 Å². The van der Waals surface area contributed by atoms with Crippen LogP contribution in [0.1, 0.15) is 24.8 Å². The van der Waals surface area contributed by atoms with Gasteiger partial charge in [0.2, 0.25) is 0 Å². The fourth-order valence-electron chi connectivity index (χ4n) is 4.02. The SMILES string of the molecule is N#CC1=CC=C(C2CCC(=O)C23C=Nc2ccccc23)CC1=S. The van der Waals surface area contributed by atoms with Crippen LogP contribution in [0.15, 0.2) is 52.6 Å². The Morgan fingerprint density at radius 2 is 2.13 bits per heavy atom. The van der Waals surface area contributed by atoms with Crippen molar-refractivity contribution in [3.05, 3.63) is 53.1 Å². The number of carbonyl (C=O) groups is 1. The molecule has 0 bridgehead atoms. The molecule has 0 N–H and O–H groups in total. The van der Waals surface area contributed by atoms with Crippen molar-refractivity contribution in [3.63, 3.8) is 0 Å². The van der Waals surface area contributed by atoms with Crippen LogP contribution in [-0.2, 0) is 10.2 Å². The molecule has 4 heteroatoms. The number of nitriles is 1. The van der Waals surface area contributed by atoms with Gasteiger partial charge in [-0.2, -0.15) is 5.26 Å². The summed E-state index contributed by atoms with van der Waals surface area (Å²) in [7, 11) is 0. The minimum atomic E-state index is -0.643. The number of hydrogen-bond acceptors (Lipinski definition) is 4. The van der Waals surface area contributed by atoms with Gasteiger partial charge in [-0.1, -0.05) is 42.1 Å². The number of carbonyl (C=O) groups excluding carboxylic acids is 1. The van der Waals surface area contributed by atoms with Gasteiger partial charge in [0.1, 0.15) is 11.9 Å². The van der Waals surface area contributed by atoms with Crippen molar-refractivity contribution < 1.29 is 4.79 Å². The predicted octanol–water partition coefficient (Wildman–Crippen LogP) is 3.77. The summed E-state index contributed by atoms with van der Waals surface area (Å²) in [6.45, 7) is 0. The summed E-state index contributed by atoms with van der Waals surface area (Å²) in [5.41, 5.74) is 2.95. The van der Waals surface area contributed by atoms with Crippen LogP contribution in [-0.4, -0.2) is 16.9 Å². The first kappa shape index (κ1) is 14.2.